The molecular formula is C15H13FN4OS. The molecule has 0 aliphatic heterocycles. The summed E-state index contributed by atoms with van der Waals surface area (Å²) in [5.41, 5.74) is 0.743. The number of nitrogens with one attached hydrogen (secondary N) is 1. The van der Waals surface area contributed by atoms with Crippen molar-refractivity contribution in [3.63, 3.8) is 0 Å². The van der Waals surface area contributed by atoms with Crippen molar-refractivity contribution in [1.29, 1.82) is 5.26 Å². The monoisotopic (exact) mass is 316 g/mol. The van der Waals surface area contributed by atoms with Crippen molar-refractivity contribution in [2.45, 2.75) is 20.3 Å². The van der Waals surface area contributed by atoms with Gasteiger partial charge in [0, 0.05) is 0 Å². The van der Waals surface area contributed by atoms with Crippen molar-refractivity contribution in [2.75, 3.05) is 5.32 Å². The van der Waals surface area contributed by atoms with Crippen LogP contribution in [0.4, 0.5) is 9.52 Å². The van der Waals surface area contributed by atoms with E-state index in [2.05, 4.69) is 15.5 Å². The number of halogens is 1. The zero-order chi connectivity index (χ0) is 16.1. The number of aromatic nitrogens is 2. The van der Waals surface area contributed by atoms with E-state index in [0.717, 1.165) is 11.4 Å². The third kappa shape index (κ3) is 3.54. The van der Waals surface area contributed by atoms with Crippen LogP contribution in [0, 0.1) is 24.1 Å². The van der Waals surface area contributed by atoms with Gasteiger partial charge in [-0.1, -0.05) is 30.4 Å². The molecule has 1 aromatic carbocycles. The third-order valence-electron chi connectivity index (χ3n) is 2.96. The lowest BCUT2D eigenvalue weighted by molar-refractivity contribution is -0.112. The fourth-order valence-corrected chi connectivity index (χ4v) is 2.37. The van der Waals surface area contributed by atoms with Gasteiger partial charge in [-0.05, 0) is 36.6 Å². The molecule has 1 N–H and O–H groups in total. The highest BCUT2D eigenvalue weighted by Gasteiger charge is 2.13. The molecule has 5 nitrogen and oxygen atoms in total. The Morgan fingerprint density at radius 2 is 2.27 bits per heavy atom. The molecule has 0 fully saturated rings. The summed E-state index contributed by atoms with van der Waals surface area (Å²) in [6, 6.07) is 6.32. The van der Waals surface area contributed by atoms with Crippen LogP contribution in [0.3, 0.4) is 0 Å². The highest BCUT2D eigenvalue weighted by atomic mass is 32.1. The Morgan fingerprint density at radius 1 is 1.50 bits per heavy atom. The van der Waals surface area contributed by atoms with Crippen molar-refractivity contribution < 1.29 is 9.18 Å². The van der Waals surface area contributed by atoms with Crippen LogP contribution < -0.4 is 5.32 Å². The summed E-state index contributed by atoms with van der Waals surface area (Å²) < 4.78 is 13.5. The minimum Gasteiger partial charge on any atom is -0.296 e. The number of nitrogens with zero attached hydrogens (tertiary/aromatic N) is 3. The van der Waals surface area contributed by atoms with E-state index in [9.17, 15) is 9.18 Å². The standard InChI is InChI=1S/C15H13FN4OS/c1-3-13-19-20-15(22-13)18-14(21)11(8-17)7-10-5-4-6-12(16)9(10)2/h4-7H,3H2,1-2H3,(H,18,20,21). The Balaban J connectivity index is 2.23. The number of rotatable bonds is 4. The molecule has 7 heteroatoms. The number of carbonyl (C=O) groups is 1. The van der Waals surface area contributed by atoms with E-state index in [-0.39, 0.29) is 11.4 Å². The summed E-state index contributed by atoms with van der Waals surface area (Å²) in [6.07, 6.45) is 2.08. The fraction of sp³-hybridized carbons (Fsp3) is 0.200. The van der Waals surface area contributed by atoms with E-state index in [4.69, 9.17) is 5.26 Å². The summed E-state index contributed by atoms with van der Waals surface area (Å²) in [6.45, 7) is 3.52. The van der Waals surface area contributed by atoms with E-state index in [0.29, 0.717) is 16.3 Å². The van der Waals surface area contributed by atoms with Gasteiger partial charge in [-0.2, -0.15) is 5.26 Å². The first-order valence-corrected chi connectivity index (χ1v) is 7.37. The van der Waals surface area contributed by atoms with E-state index in [1.807, 2.05) is 13.0 Å². The molecule has 0 radical (unpaired) electrons. The van der Waals surface area contributed by atoms with Crippen molar-refractivity contribution in [3.05, 3.63) is 45.7 Å². The number of benzene rings is 1. The maximum atomic E-state index is 13.5. The second-order valence-electron chi connectivity index (χ2n) is 4.43. The van der Waals surface area contributed by atoms with Gasteiger partial charge in [0.25, 0.3) is 5.91 Å². The number of aryl methyl sites for hydroxylation is 1. The lowest BCUT2D eigenvalue weighted by atomic mass is 10.1. The molecule has 1 aromatic heterocycles. The first-order valence-electron chi connectivity index (χ1n) is 6.55. The number of hydrogen-bond donors (Lipinski definition) is 1. The molecule has 0 saturated carbocycles. The van der Waals surface area contributed by atoms with Crippen LogP contribution in [0.2, 0.25) is 0 Å². The first kappa shape index (κ1) is 15.8. The van der Waals surface area contributed by atoms with Crippen molar-refractivity contribution in [2.24, 2.45) is 0 Å². The molecule has 0 aliphatic carbocycles. The highest BCUT2D eigenvalue weighted by Crippen LogP contribution is 2.18. The molecule has 1 heterocycles. The molecule has 1 amide bonds. The number of amides is 1. The van der Waals surface area contributed by atoms with Crippen LogP contribution in [-0.2, 0) is 11.2 Å². The second-order valence-corrected chi connectivity index (χ2v) is 5.49. The van der Waals surface area contributed by atoms with Crippen molar-refractivity contribution in [1.82, 2.24) is 10.2 Å². The van der Waals surface area contributed by atoms with Gasteiger partial charge in [0.1, 0.15) is 22.5 Å². The highest BCUT2D eigenvalue weighted by molar-refractivity contribution is 7.15. The molecular weight excluding hydrogens is 303 g/mol. The summed E-state index contributed by atoms with van der Waals surface area (Å²) in [7, 11) is 0. The minimum absolute atomic E-state index is 0.123. The largest absolute Gasteiger partial charge is 0.296 e. The van der Waals surface area contributed by atoms with Gasteiger partial charge in [-0.15, -0.1) is 10.2 Å². The predicted molar refractivity (Wildman–Crippen MR) is 82.6 cm³/mol. The van der Waals surface area contributed by atoms with Gasteiger partial charge in [0.05, 0.1) is 0 Å². The zero-order valence-corrected chi connectivity index (χ0v) is 12.9. The number of hydrogen-bond acceptors (Lipinski definition) is 5. The molecule has 0 spiro atoms. The molecule has 2 aromatic rings. The van der Waals surface area contributed by atoms with E-state index in [1.54, 1.807) is 13.0 Å². The topological polar surface area (TPSA) is 78.7 Å². The number of anilines is 1. The van der Waals surface area contributed by atoms with E-state index >= 15 is 0 Å². The van der Waals surface area contributed by atoms with Gasteiger partial charge in [0.15, 0.2) is 0 Å². The molecule has 22 heavy (non-hydrogen) atoms. The van der Waals surface area contributed by atoms with Crippen LogP contribution in [0.5, 0.6) is 0 Å². The summed E-state index contributed by atoms with van der Waals surface area (Å²) in [4.78, 5) is 12.1. The summed E-state index contributed by atoms with van der Waals surface area (Å²) in [5, 5.41) is 20.5. The Kier molecular flexibility index (Phi) is 4.96. The van der Waals surface area contributed by atoms with Gasteiger partial charge >= 0.3 is 0 Å². The van der Waals surface area contributed by atoms with Crippen LogP contribution >= 0.6 is 11.3 Å². The maximum absolute atomic E-state index is 13.5. The SMILES string of the molecule is CCc1nnc(NC(=O)C(C#N)=Cc2cccc(F)c2C)s1. The van der Waals surface area contributed by atoms with Gasteiger partial charge in [-0.25, -0.2) is 4.39 Å². The predicted octanol–water partition coefficient (Wildman–Crippen LogP) is 3.09. The minimum atomic E-state index is -0.593. The van der Waals surface area contributed by atoms with Crippen LogP contribution in [-0.4, -0.2) is 16.1 Å². The molecule has 0 unspecified atom stereocenters. The van der Waals surface area contributed by atoms with E-state index < -0.39 is 5.91 Å². The maximum Gasteiger partial charge on any atom is 0.268 e. The lowest BCUT2D eigenvalue weighted by Crippen LogP contribution is -2.13. The Hall–Kier alpha value is -2.59. The van der Waals surface area contributed by atoms with Gasteiger partial charge in [0.2, 0.25) is 5.13 Å². The van der Waals surface area contributed by atoms with Gasteiger partial charge < -0.3 is 0 Å². The quantitative estimate of drug-likeness (QED) is 0.694. The fourth-order valence-electron chi connectivity index (χ4n) is 1.70. The summed E-state index contributed by atoms with van der Waals surface area (Å²) in [5.74, 6) is -0.979. The van der Waals surface area contributed by atoms with Crippen molar-refractivity contribution in [3.8, 4) is 6.07 Å². The van der Waals surface area contributed by atoms with Gasteiger partial charge in [-0.3, -0.25) is 10.1 Å². The van der Waals surface area contributed by atoms with Crippen molar-refractivity contribution >= 4 is 28.5 Å². The average molecular weight is 316 g/mol. The molecule has 2 rings (SSSR count). The van der Waals surface area contributed by atoms with Crippen LogP contribution in [0.1, 0.15) is 23.1 Å². The Bertz CT molecular complexity index is 776. The molecule has 112 valence electrons. The van der Waals surface area contributed by atoms with Crippen LogP contribution in [0.15, 0.2) is 23.8 Å². The average Bonchev–Trinajstić information content (AvgIpc) is 2.96. The first-order chi connectivity index (χ1) is 10.5. The number of carbonyl (C=O) groups excluding carboxylic acids is 1. The second kappa shape index (κ2) is 6.91. The number of nitriles is 1. The summed E-state index contributed by atoms with van der Waals surface area (Å²) >= 11 is 1.25. The zero-order valence-electron chi connectivity index (χ0n) is 12.1. The molecule has 0 saturated heterocycles. The third-order valence-corrected chi connectivity index (χ3v) is 3.95. The molecule has 0 aliphatic rings. The lowest BCUT2D eigenvalue weighted by Gasteiger charge is -2.03. The smallest absolute Gasteiger partial charge is 0.268 e. The molecule has 0 atom stereocenters. The normalized spacial score (nSPS) is 11.1. The van der Waals surface area contributed by atoms with E-state index in [1.165, 1.54) is 29.5 Å². The Morgan fingerprint density at radius 3 is 2.91 bits per heavy atom. The Labute approximate surface area is 131 Å². The molecule has 0 bridgehead atoms. The van der Waals surface area contributed by atoms with Crippen LogP contribution in [0.25, 0.3) is 6.08 Å².